The van der Waals surface area contributed by atoms with Crippen LogP contribution in [0, 0.1) is 0 Å². The molecule has 0 atom stereocenters. The normalized spacial score (nSPS) is 24.6. The molecule has 2 heterocycles. The molecule has 90 valence electrons. The van der Waals surface area contributed by atoms with Gasteiger partial charge >= 0.3 is 0 Å². The molecule has 0 radical (unpaired) electrons. The highest BCUT2D eigenvalue weighted by Gasteiger charge is 2.31. The minimum Gasteiger partial charge on any atom is -0.488 e. The molecule has 0 aromatic rings. The Morgan fingerprint density at radius 1 is 1.56 bits per heavy atom. The average molecular weight is 241 g/mol. The quantitative estimate of drug-likeness (QED) is 0.703. The Morgan fingerprint density at radius 3 is 3.00 bits per heavy atom. The number of thioether (sulfide) groups is 1. The first-order valence-electron chi connectivity index (χ1n) is 5.85. The van der Waals surface area contributed by atoms with Gasteiger partial charge in [0.05, 0.1) is 6.61 Å². The molecule has 2 aliphatic rings. The Morgan fingerprint density at radius 2 is 2.38 bits per heavy atom. The van der Waals surface area contributed by atoms with E-state index >= 15 is 0 Å². The molecular formula is C12H19NO2S. The van der Waals surface area contributed by atoms with Gasteiger partial charge in [-0.2, -0.15) is 11.8 Å². The van der Waals surface area contributed by atoms with Crippen molar-refractivity contribution in [2.75, 3.05) is 25.4 Å². The number of ether oxygens (including phenoxy) is 1. The van der Waals surface area contributed by atoms with Crippen LogP contribution < -0.4 is 0 Å². The number of allylic oxidation sites excluding steroid dienone is 1. The van der Waals surface area contributed by atoms with E-state index in [4.69, 9.17) is 4.74 Å². The van der Waals surface area contributed by atoms with Crippen molar-refractivity contribution in [1.82, 2.24) is 4.90 Å². The van der Waals surface area contributed by atoms with Gasteiger partial charge in [-0.1, -0.05) is 0 Å². The zero-order valence-corrected chi connectivity index (χ0v) is 10.8. The summed E-state index contributed by atoms with van der Waals surface area (Å²) in [5.41, 5.74) is 0. The second-order valence-corrected chi connectivity index (χ2v) is 6.70. The van der Waals surface area contributed by atoms with E-state index in [0.717, 1.165) is 31.7 Å². The molecule has 0 unspecified atom stereocenters. The van der Waals surface area contributed by atoms with Crippen LogP contribution in [0.4, 0.5) is 0 Å². The average Bonchev–Trinajstić information content (AvgIpc) is 2.28. The summed E-state index contributed by atoms with van der Waals surface area (Å²) in [5, 5.41) is 0. The second-order valence-electron chi connectivity index (χ2n) is 4.89. The highest BCUT2D eigenvalue weighted by molar-refractivity contribution is 8.00. The number of hydrogen-bond donors (Lipinski definition) is 0. The van der Waals surface area contributed by atoms with E-state index in [2.05, 4.69) is 13.8 Å². The number of carbonyl (C=O) groups is 1. The van der Waals surface area contributed by atoms with E-state index in [1.54, 1.807) is 0 Å². The van der Waals surface area contributed by atoms with Gasteiger partial charge in [-0.25, -0.2) is 0 Å². The van der Waals surface area contributed by atoms with Gasteiger partial charge in [0.25, 0.3) is 5.91 Å². The van der Waals surface area contributed by atoms with Crippen molar-refractivity contribution < 1.29 is 9.53 Å². The molecule has 0 N–H and O–H groups in total. The van der Waals surface area contributed by atoms with Crippen LogP contribution in [-0.2, 0) is 9.53 Å². The third-order valence-corrected chi connectivity index (χ3v) is 4.16. The van der Waals surface area contributed by atoms with E-state index in [1.165, 1.54) is 0 Å². The monoisotopic (exact) mass is 241 g/mol. The van der Waals surface area contributed by atoms with Gasteiger partial charge in [0.1, 0.15) is 0 Å². The van der Waals surface area contributed by atoms with Crippen LogP contribution >= 0.6 is 11.8 Å². The van der Waals surface area contributed by atoms with Crippen molar-refractivity contribution in [2.45, 2.75) is 31.4 Å². The molecule has 0 spiro atoms. The van der Waals surface area contributed by atoms with Gasteiger partial charge in [-0.15, -0.1) is 0 Å². The maximum atomic E-state index is 12.2. The van der Waals surface area contributed by atoms with Gasteiger partial charge in [0.15, 0.2) is 5.76 Å². The zero-order valence-electron chi connectivity index (χ0n) is 9.99. The lowest BCUT2D eigenvalue weighted by atomic mass is 10.1. The van der Waals surface area contributed by atoms with Crippen LogP contribution in [-0.4, -0.2) is 41.0 Å². The van der Waals surface area contributed by atoms with E-state index < -0.39 is 0 Å². The largest absolute Gasteiger partial charge is 0.488 e. The van der Waals surface area contributed by atoms with E-state index in [1.807, 2.05) is 22.7 Å². The first kappa shape index (κ1) is 11.8. The highest BCUT2D eigenvalue weighted by Crippen LogP contribution is 2.30. The topological polar surface area (TPSA) is 29.5 Å². The predicted octanol–water partition coefficient (Wildman–Crippen LogP) is 2.03. The van der Waals surface area contributed by atoms with Crippen molar-refractivity contribution in [3.8, 4) is 0 Å². The maximum Gasteiger partial charge on any atom is 0.288 e. The van der Waals surface area contributed by atoms with E-state index in [9.17, 15) is 4.79 Å². The lowest BCUT2D eigenvalue weighted by Gasteiger charge is -2.37. The lowest BCUT2D eigenvalue weighted by molar-refractivity contribution is -0.131. The molecule has 1 fully saturated rings. The van der Waals surface area contributed by atoms with Crippen LogP contribution in [0.1, 0.15) is 26.7 Å². The van der Waals surface area contributed by atoms with Crippen molar-refractivity contribution in [1.29, 1.82) is 0 Å². The third-order valence-electron chi connectivity index (χ3n) is 2.86. The Balaban J connectivity index is 2.01. The zero-order chi connectivity index (χ0) is 11.6. The molecule has 0 aromatic heterocycles. The molecule has 2 aliphatic heterocycles. The predicted molar refractivity (Wildman–Crippen MR) is 66.4 cm³/mol. The van der Waals surface area contributed by atoms with Crippen molar-refractivity contribution in [3.05, 3.63) is 11.8 Å². The Labute approximate surface area is 101 Å². The molecule has 1 amide bonds. The minimum absolute atomic E-state index is 0.0769. The van der Waals surface area contributed by atoms with E-state index in [0.29, 0.717) is 12.4 Å². The lowest BCUT2D eigenvalue weighted by Crippen LogP contribution is -2.47. The summed E-state index contributed by atoms with van der Waals surface area (Å²) in [6.45, 7) is 6.72. The fourth-order valence-corrected chi connectivity index (χ4v) is 3.16. The summed E-state index contributed by atoms with van der Waals surface area (Å²) in [7, 11) is 0. The number of hydrogen-bond acceptors (Lipinski definition) is 3. The van der Waals surface area contributed by atoms with Crippen LogP contribution in [0.2, 0.25) is 0 Å². The van der Waals surface area contributed by atoms with Crippen LogP contribution in [0.5, 0.6) is 0 Å². The first-order valence-corrected chi connectivity index (χ1v) is 6.83. The highest BCUT2D eigenvalue weighted by atomic mass is 32.2. The molecule has 16 heavy (non-hydrogen) atoms. The fraction of sp³-hybridized carbons (Fsp3) is 0.750. The van der Waals surface area contributed by atoms with Crippen molar-refractivity contribution in [2.24, 2.45) is 0 Å². The summed E-state index contributed by atoms with van der Waals surface area (Å²) in [6, 6.07) is 0. The Bertz CT molecular complexity index is 312. The number of amides is 1. The minimum atomic E-state index is 0.0769. The molecule has 0 saturated carbocycles. The summed E-state index contributed by atoms with van der Waals surface area (Å²) < 4.78 is 5.59. The number of nitrogens with zero attached hydrogens (tertiary/aromatic N) is 1. The molecule has 0 aliphatic carbocycles. The molecule has 3 nitrogen and oxygen atoms in total. The van der Waals surface area contributed by atoms with Gasteiger partial charge < -0.3 is 9.64 Å². The second kappa shape index (κ2) is 4.70. The molecule has 0 aromatic carbocycles. The molecule has 4 heteroatoms. The Hall–Kier alpha value is -0.640. The van der Waals surface area contributed by atoms with Gasteiger partial charge in [0.2, 0.25) is 0 Å². The summed E-state index contributed by atoms with van der Waals surface area (Å²) in [5.74, 6) is 1.66. The molecule has 1 saturated heterocycles. The third kappa shape index (κ3) is 2.73. The SMILES string of the molecule is CC1(C)CN(C(=O)C2=CCCCO2)CCS1. The van der Waals surface area contributed by atoms with Crippen LogP contribution in [0.25, 0.3) is 0 Å². The molecule has 2 rings (SSSR count). The van der Waals surface area contributed by atoms with Gasteiger partial charge in [0, 0.05) is 23.6 Å². The number of carbonyl (C=O) groups excluding carboxylic acids is 1. The number of rotatable bonds is 1. The summed E-state index contributed by atoms with van der Waals surface area (Å²) >= 11 is 1.93. The maximum absolute atomic E-state index is 12.2. The summed E-state index contributed by atoms with van der Waals surface area (Å²) in [6.07, 6.45) is 3.92. The Kier molecular flexibility index (Phi) is 3.47. The molecule has 0 bridgehead atoms. The van der Waals surface area contributed by atoms with Crippen LogP contribution in [0.3, 0.4) is 0 Å². The van der Waals surface area contributed by atoms with Crippen molar-refractivity contribution in [3.63, 3.8) is 0 Å². The van der Waals surface area contributed by atoms with Gasteiger partial charge in [-0.3, -0.25) is 4.79 Å². The van der Waals surface area contributed by atoms with E-state index in [-0.39, 0.29) is 10.7 Å². The standard InChI is InChI=1S/C12H19NO2S/c1-12(2)9-13(6-8-16-12)11(14)10-5-3-4-7-15-10/h5H,3-4,6-9H2,1-2H3. The fourth-order valence-electron chi connectivity index (χ4n) is 2.05. The first-order chi connectivity index (χ1) is 7.58. The smallest absolute Gasteiger partial charge is 0.288 e. The summed E-state index contributed by atoms with van der Waals surface area (Å²) in [4.78, 5) is 14.1. The van der Waals surface area contributed by atoms with Crippen molar-refractivity contribution >= 4 is 17.7 Å². The van der Waals surface area contributed by atoms with Crippen LogP contribution in [0.15, 0.2) is 11.8 Å². The van der Waals surface area contributed by atoms with Gasteiger partial charge in [-0.05, 0) is 32.8 Å². The molecular weight excluding hydrogens is 222 g/mol.